The van der Waals surface area contributed by atoms with Gasteiger partial charge in [0.1, 0.15) is 17.6 Å². The fraction of sp³-hybridized carbons (Fsp3) is 0.429. The van der Waals surface area contributed by atoms with E-state index in [4.69, 9.17) is 4.74 Å². The first-order valence-corrected chi connectivity index (χ1v) is 6.32. The van der Waals surface area contributed by atoms with Gasteiger partial charge in [-0.25, -0.2) is 0 Å². The van der Waals surface area contributed by atoms with E-state index in [-0.39, 0.29) is 17.8 Å². The number of ketones is 1. The van der Waals surface area contributed by atoms with Crippen LogP contribution in [0.2, 0.25) is 0 Å². The van der Waals surface area contributed by atoms with Crippen LogP contribution in [0.3, 0.4) is 0 Å². The minimum Gasteiger partial charge on any atom is -0.490 e. The fourth-order valence-electron chi connectivity index (χ4n) is 2.51. The summed E-state index contributed by atoms with van der Waals surface area (Å²) in [5.41, 5.74) is 1.98. The van der Waals surface area contributed by atoms with Gasteiger partial charge in [-0.05, 0) is 36.6 Å². The van der Waals surface area contributed by atoms with Crippen LogP contribution in [0.4, 0.5) is 5.69 Å². The zero-order valence-electron chi connectivity index (χ0n) is 10.1. The predicted molar refractivity (Wildman–Crippen MR) is 66.7 cm³/mol. The second-order valence-corrected chi connectivity index (χ2v) is 4.89. The number of benzene rings is 1. The normalized spacial score (nSPS) is 22.6. The maximum absolute atomic E-state index is 11.2. The number of rotatable bonds is 2. The molecule has 1 aliphatic heterocycles. The number of amides is 1. The Morgan fingerprint density at radius 3 is 2.83 bits per heavy atom. The topological polar surface area (TPSA) is 55.4 Å². The smallest absolute Gasteiger partial charge is 0.224 e. The number of hydrogen-bond acceptors (Lipinski definition) is 3. The Balaban J connectivity index is 1.74. The molecule has 1 saturated carbocycles. The van der Waals surface area contributed by atoms with Crippen LogP contribution in [0.25, 0.3) is 0 Å². The van der Waals surface area contributed by atoms with Gasteiger partial charge in [-0.2, -0.15) is 0 Å². The van der Waals surface area contributed by atoms with Crippen molar-refractivity contribution in [1.82, 2.24) is 0 Å². The summed E-state index contributed by atoms with van der Waals surface area (Å²) in [5.74, 6) is 1.15. The van der Waals surface area contributed by atoms with Crippen molar-refractivity contribution in [2.45, 2.75) is 38.2 Å². The van der Waals surface area contributed by atoms with Crippen molar-refractivity contribution < 1.29 is 14.3 Å². The summed E-state index contributed by atoms with van der Waals surface area (Å²) in [5, 5.41) is 2.84. The lowest BCUT2D eigenvalue weighted by Gasteiger charge is -2.19. The molecule has 18 heavy (non-hydrogen) atoms. The number of Topliss-reactive ketones (excluding diaryl/α,β-unsaturated/α-hetero) is 1. The number of anilines is 1. The third kappa shape index (κ3) is 2.23. The number of nitrogens with one attached hydrogen (secondary N) is 1. The standard InChI is InChI=1S/C14H15NO3/c16-10-2-3-12(8-10)18-11-4-5-13-9(7-11)1-6-14(17)15-13/h4-5,7,12H,1-3,6,8H2,(H,15,17). The van der Waals surface area contributed by atoms with Crippen molar-refractivity contribution >= 4 is 17.4 Å². The van der Waals surface area contributed by atoms with Crippen molar-refractivity contribution in [3.05, 3.63) is 23.8 Å². The molecule has 1 amide bonds. The molecule has 0 radical (unpaired) electrons. The van der Waals surface area contributed by atoms with Gasteiger partial charge in [0.05, 0.1) is 0 Å². The maximum Gasteiger partial charge on any atom is 0.224 e. The molecule has 1 atom stereocenters. The van der Waals surface area contributed by atoms with Gasteiger partial charge in [0, 0.05) is 24.9 Å². The molecule has 0 aromatic heterocycles. The first kappa shape index (κ1) is 11.3. The average molecular weight is 245 g/mol. The van der Waals surface area contributed by atoms with Crippen LogP contribution in [0, 0.1) is 0 Å². The monoisotopic (exact) mass is 245 g/mol. The first-order valence-electron chi connectivity index (χ1n) is 6.32. The third-order valence-corrected chi connectivity index (χ3v) is 3.48. The molecule has 1 N–H and O–H groups in total. The summed E-state index contributed by atoms with van der Waals surface area (Å²) in [7, 11) is 0. The molecule has 1 aromatic carbocycles. The van der Waals surface area contributed by atoms with Gasteiger partial charge in [0.25, 0.3) is 0 Å². The van der Waals surface area contributed by atoms with Crippen LogP contribution >= 0.6 is 0 Å². The van der Waals surface area contributed by atoms with Crippen molar-refractivity contribution in [2.24, 2.45) is 0 Å². The average Bonchev–Trinajstić information content (AvgIpc) is 2.75. The molecule has 1 fully saturated rings. The number of carbonyl (C=O) groups excluding carboxylic acids is 2. The molecule has 4 heteroatoms. The Morgan fingerprint density at radius 1 is 1.17 bits per heavy atom. The van der Waals surface area contributed by atoms with E-state index in [1.165, 1.54) is 0 Å². The number of hydrogen-bond donors (Lipinski definition) is 1. The number of aryl methyl sites for hydroxylation is 1. The van der Waals surface area contributed by atoms with Crippen LogP contribution < -0.4 is 10.1 Å². The molecule has 1 aliphatic carbocycles. The summed E-state index contributed by atoms with van der Waals surface area (Å²) in [4.78, 5) is 22.4. The van der Waals surface area contributed by atoms with Crippen molar-refractivity contribution in [3.63, 3.8) is 0 Å². The molecule has 3 rings (SSSR count). The van der Waals surface area contributed by atoms with E-state index in [2.05, 4.69) is 5.32 Å². The molecule has 94 valence electrons. The third-order valence-electron chi connectivity index (χ3n) is 3.48. The molecule has 0 bridgehead atoms. The van der Waals surface area contributed by atoms with Gasteiger partial charge in [0.15, 0.2) is 0 Å². The zero-order valence-corrected chi connectivity index (χ0v) is 10.1. The van der Waals surface area contributed by atoms with Crippen LogP contribution in [0.5, 0.6) is 5.75 Å². The summed E-state index contributed by atoms with van der Waals surface area (Å²) in [6.07, 6.45) is 3.26. The number of fused-ring (bicyclic) bond motifs is 1. The van der Waals surface area contributed by atoms with Crippen LogP contribution in [0.15, 0.2) is 18.2 Å². The van der Waals surface area contributed by atoms with Crippen LogP contribution in [-0.2, 0) is 16.0 Å². The molecular formula is C14H15NO3. The molecule has 2 aliphatic rings. The van der Waals surface area contributed by atoms with Crippen molar-refractivity contribution in [1.29, 1.82) is 0 Å². The quantitative estimate of drug-likeness (QED) is 0.867. The van der Waals surface area contributed by atoms with Crippen molar-refractivity contribution in [3.8, 4) is 5.75 Å². The van der Waals surface area contributed by atoms with E-state index in [9.17, 15) is 9.59 Å². The lowest BCUT2D eigenvalue weighted by Crippen LogP contribution is -2.19. The van der Waals surface area contributed by atoms with Gasteiger partial charge in [0.2, 0.25) is 5.91 Å². The minimum atomic E-state index is 0.0220. The molecule has 4 nitrogen and oxygen atoms in total. The highest BCUT2D eigenvalue weighted by molar-refractivity contribution is 5.94. The Labute approximate surface area is 105 Å². The summed E-state index contributed by atoms with van der Waals surface area (Å²) in [6, 6.07) is 5.70. The number of carbonyl (C=O) groups is 2. The van der Waals surface area contributed by atoms with E-state index in [0.717, 1.165) is 29.8 Å². The highest BCUT2D eigenvalue weighted by atomic mass is 16.5. The summed E-state index contributed by atoms with van der Waals surface area (Å²) >= 11 is 0. The van der Waals surface area contributed by atoms with E-state index in [0.29, 0.717) is 19.3 Å². The van der Waals surface area contributed by atoms with E-state index < -0.39 is 0 Å². The van der Waals surface area contributed by atoms with E-state index in [1.54, 1.807) is 0 Å². The maximum atomic E-state index is 11.2. The Bertz CT molecular complexity index is 510. The van der Waals surface area contributed by atoms with Gasteiger partial charge in [-0.15, -0.1) is 0 Å². The van der Waals surface area contributed by atoms with E-state index in [1.807, 2.05) is 18.2 Å². The summed E-state index contributed by atoms with van der Waals surface area (Å²) in [6.45, 7) is 0. The Kier molecular flexibility index (Phi) is 2.78. The Morgan fingerprint density at radius 2 is 2.06 bits per heavy atom. The van der Waals surface area contributed by atoms with Gasteiger partial charge in [-0.3, -0.25) is 9.59 Å². The first-order chi connectivity index (χ1) is 8.70. The highest BCUT2D eigenvalue weighted by Crippen LogP contribution is 2.29. The van der Waals surface area contributed by atoms with E-state index >= 15 is 0 Å². The van der Waals surface area contributed by atoms with Crippen LogP contribution in [0.1, 0.15) is 31.2 Å². The predicted octanol–water partition coefficient (Wildman–Crippen LogP) is 2.07. The lowest BCUT2D eigenvalue weighted by atomic mass is 10.0. The van der Waals surface area contributed by atoms with Crippen LogP contribution in [-0.4, -0.2) is 17.8 Å². The van der Waals surface area contributed by atoms with Gasteiger partial charge < -0.3 is 10.1 Å². The second-order valence-electron chi connectivity index (χ2n) is 4.89. The highest BCUT2D eigenvalue weighted by Gasteiger charge is 2.24. The summed E-state index contributed by atoms with van der Waals surface area (Å²) < 4.78 is 5.81. The van der Waals surface area contributed by atoms with Gasteiger partial charge in [-0.1, -0.05) is 0 Å². The Hall–Kier alpha value is -1.84. The molecular weight excluding hydrogens is 230 g/mol. The SMILES string of the molecule is O=C1CCC(Oc2ccc3c(c2)CCC(=O)N3)C1. The minimum absolute atomic E-state index is 0.0220. The second kappa shape index (κ2) is 4.44. The lowest BCUT2D eigenvalue weighted by molar-refractivity contribution is -0.118. The van der Waals surface area contributed by atoms with Crippen molar-refractivity contribution in [2.75, 3.05) is 5.32 Å². The molecule has 1 unspecified atom stereocenters. The zero-order chi connectivity index (χ0) is 12.5. The number of ether oxygens (including phenoxy) is 1. The molecule has 1 heterocycles. The molecule has 1 aromatic rings. The largest absolute Gasteiger partial charge is 0.490 e. The van der Waals surface area contributed by atoms with Gasteiger partial charge >= 0.3 is 0 Å². The fourth-order valence-corrected chi connectivity index (χ4v) is 2.51. The molecule has 0 spiro atoms. The molecule has 0 saturated heterocycles.